The molecule has 2 N–H and O–H groups in total. The van der Waals surface area contributed by atoms with E-state index >= 15 is 0 Å². The van der Waals surface area contributed by atoms with Crippen molar-refractivity contribution in [3.8, 4) is 5.75 Å². The normalized spacial score (nSPS) is 17.3. The molecule has 0 spiro atoms. The maximum atomic E-state index is 12.4. The Morgan fingerprint density at radius 1 is 1.27 bits per heavy atom. The Kier molecular flexibility index (Phi) is 5.70. The van der Waals surface area contributed by atoms with E-state index in [0.29, 0.717) is 30.2 Å². The van der Waals surface area contributed by atoms with Crippen molar-refractivity contribution in [2.75, 3.05) is 13.1 Å². The zero-order valence-electron chi connectivity index (χ0n) is 14.1. The van der Waals surface area contributed by atoms with Gasteiger partial charge in [0.1, 0.15) is 11.9 Å². The summed E-state index contributed by atoms with van der Waals surface area (Å²) in [6.45, 7) is 1.13. The van der Waals surface area contributed by atoms with E-state index in [9.17, 15) is 9.59 Å². The van der Waals surface area contributed by atoms with E-state index < -0.39 is 5.91 Å². The molecule has 0 saturated carbocycles. The van der Waals surface area contributed by atoms with Crippen molar-refractivity contribution in [2.45, 2.75) is 18.9 Å². The molecule has 0 bridgehead atoms. The number of carbonyl (C=O) groups excluding carboxylic acids is 2. The minimum Gasteiger partial charge on any atom is -0.488 e. The van der Waals surface area contributed by atoms with Gasteiger partial charge in [-0.1, -0.05) is 18.2 Å². The second-order valence-electron chi connectivity index (χ2n) is 5.96. The molecule has 2 amide bonds. The molecule has 1 aromatic carbocycles. The standard InChI is InChI=1S/C19H20N2O5/c22-18(20-24)10-9-14-5-1-2-7-16(14)26-15-6-3-11-21(13-15)19(23)17-8-4-12-25-17/h1-2,4-5,7-10,12,15,24H,3,6,11,13H2,(H,20,22). The molecule has 26 heavy (non-hydrogen) atoms. The Balaban J connectivity index is 1.68. The van der Waals surface area contributed by atoms with Crippen molar-refractivity contribution in [1.29, 1.82) is 0 Å². The fourth-order valence-electron chi connectivity index (χ4n) is 2.88. The van der Waals surface area contributed by atoms with Crippen LogP contribution in [0.4, 0.5) is 0 Å². The average Bonchev–Trinajstić information content (AvgIpc) is 3.21. The summed E-state index contributed by atoms with van der Waals surface area (Å²) < 4.78 is 11.3. The van der Waals surface area contributed by atoms with Crippen molar-refractivity contribution in [2.24, 2.45) is 0 Å². The van der Waals surface area contributed by atoms with Gasteiger partial charge in [-0.2, -0.15) is 0 Å². The minimum absolute atomic E-state index is 0.143. The van der Waals surface area contributed by atoms with Crippen LogP contribution in [0.3, 0.4) is 0 Å². The number of para-hydroxylation sites is 1. The average molecular weight is 356 g/mol. The highest BCUT2D eigenvalue weighted by Crippen LogP contribution is 2.24. The predicted octanol–water partition coefficient (Wildman–Crippen LogP) is 2.48. The molecule has 136 valence electrons. The molecule has 3 rings (SSSR count). The van der Waals surface area contributed by atoms with Gasteiger partial charge in [-0.15, -0.1) is 0 Å². The van der Waals surface area contributed by atoms with Crippen molar-refractivity contribution in [1.82, 2.24) is 10.4 Å². The number of nitrogens with zero attached hydrogens (tertiary/aromatic N) is 1. The van der Waals surface area contributed by atoms with Crippen LogP contribution in [0.15, 0.2) is 53.2 Å². The van der Waals surface area contributed by atoms with E-state index in [1.807, 2.05) is 24.3 Å². The van der Waals surface area contributed by atoms with Gasteiger partial charge in [-0.25, -0.2) is 5.48 Å². The van der Waals surface area contributed by atoms with E-state index in [2.05, 4.69) is 0 Å². The minimum atomic E-state index is -0.618. The molecule has 7 nitrogen and oxygen atoms in total. The summed E-state index contributed by atoms with van der Waals surface area (Å²) in [6.07, 6.45) is 5.78. The highest BCUT2D eigenvalue weighted by molar-refractivity contribution is 5.92. The first-order valence-corrected chi connectivity index (χ1v) is 8.38. The van der Waals surface area contributed by atoms with Crippen LogP contribution in [0.5, 0.6) is 5.75 Å². The quantitative estimate of drug-likeness (QED) is 0.488. The number of carbonyl (C=O) groups is 2. The van der Waals surface area contributed by atoms with Crippen LogP contribution >= 0.6 is 0 Å². The molecular weight excluding hydrogens is 336 g/mol. The first kappa shape index (κ1) is 17.8. The Bertz CT molecular complexity index is 785. The summed E-state index contributed by atoms with van der Waals surface area (Å²) in [4.78, 5) is 25.3. The van der Waals surface area contributed by atoms with Crippen molar-refractivity contribution in [3.63, 3.8) is 0 Å². The van der Waals surface area contributed by atoms with Gasteiger partial charge in [-0.05, 0) is 37.1 Å². The van der Waals surface area contributed by atoms with Gasteiger partial charge in [0.2, 0.25) is 0 Å². The number of hydrogen-bond donors (Lipinski definition) is 2. The lowest BCUT2D eigenvalue weighted by Gasteiger charge is -2.32. The lowest BCUT2D eigenvalue weighted by atomic mass is 10.1. The molecule has 0 aliphatic carbocycles. The molecule has 1 unspecified atom stereocenters. The van der Waals surface area contributed by atoms with Crippen molar-refractivity contribution >= 4 is 17.9 Å². The molecule has 1 aromatic heterocycles. The number of furan rings is 1. The van der Waals surface area contributed by atoms with Crippen LogP contribution in [0.2, 0.25) is 0 Å². The van der Waals surface area contributed by atoms with E-state index in [1.54, 1.807) is 28.6 Å². The van der Waals surface area contributed by atoms with Gasteiger partial charge < -0.3 is 14.1 Å². The smallest absolute Gasteiger partial charge is 0.289 e. The first-order valence-electron chi connectivity index (χ1n) is 8.38. The number of likely N-dealkylation sites (tertiary alicyclic amines) is 1. The van der Waals surface area contributed by atoms with Crippen LogP contribution in [0, 0.1) is 0 Å². The van der Waals surface area contributed by atoms with Crippen molar-refractivity contribution in [3.05, 3.63) is 60.1 Å². The number of benzene rings is 1. The van der Waals surface area contributed by atoms with Crippen LogP contribution in [-0.4, -0.2) is 41.1 Å². The molecule has 2 aromatic rings. The number of hydroxylamine groups is 1. The lowest BCUT2D eigenvalue weighted by Crippen LogP contribution is -2.44. The molecule has 1 aliphatic rings. The maximum Gasteiger partial charge on any atom is 0.289 e. The summed E-state index contributed by atoms with van der Waals surface area (Å²) >= 11 is 0. The third-order valence-corrected chi connectivity index (χ3v) is 4.13. The van der Waals surface area contributed by atoms with E-state index in [-0.39, 0.29) is 12.0 Å². The van der Waals surface area contributed by atoms with Crippen LogP contribution in [0.1, 0.15) is 29.0 Å². The summed E-state index contributed by atoms with van der Waals surface area (Å²) in [5.41, 5.74) is 2.26. The summed E-state index contributed by atoms with van der Waals surface area (Å²) in [6, 6.07) is 10.6. The van der Waals surface area contributed by atoms with Crippen molar-refractivity contribution < 1.29 is 24.0 Å². The number of amides is 2. The molecule has 7 heteroatoms. The highest BCUT2D eigenvalue weighted by Gasteiger charge is 2.27. The Morgan fingerprint density at radius 3 is 2.88 bits per heavy atom. The molecule has 0 radical (unpaired) electrons. The predicted molar refractivity (Wildman–Crippen MR) is 93.7 cm³/mol. The van der Waals surface area contributed by atoms with E-state index in [1.165, 1.54) is 12.3 Å². The van der Waals surface area contributed by atoms with Gasteiger partial charge in [0.15, 0.2) is 5.76 Å². The van der Waals surface area contributed by atoms with Gasteiger partial charge in [0, 0.05) is 18.2 Å². The molecule has 1 saturated heterocycles. The third kappa shape index (κ3) is 4.31. The maximum absolute atomic E-state index is 12.4. The second-order valence-corrected chi connectivity index (χ2v) is 5.96. The lowest BCUT2D eigenvalue weighted by molar-refractivity contribution is -0.124. The topological polar surface area (TPSA) is 92.0 Å². The zero-order chi connectivity index (χ0) is 18.4. The Hall–Kier alpha value is -3.06. The first-order chi connectivity index (χ1) is 12.7. The monoisotopic (exact) mass is 356 g/mol. The Labute approximate surface area is 150 Å². The fourth-order valence-corrected chi connectivity index (χ4v) is 2.88. The zero-order valence-corrected chi connectivity index (χ0v) is 14.1. The molecule has 1 fully saturated rings. The largest absolute Gasteiger partial charge is 0.488 e. The Morgan fingerprint density at radius 2 is 2.12 bits per heavy atom. The molecule has 1 aliphatic heterocycles. The highest BCUT2D eigenvalue weighted by atomic mass is 16.5. The number of nitrogens with one attached hydrogen (secondary N) is 1. The van der Waals surface area contributed by atoms with E-state index in [4.69, 9.17) is 14.4 Å². The fraction of sp³-hybridized carbons (Fsp3) is 0.263. The van der Waals surface area contributed by atoms with Crippen LogP contribution in [-0.2, 0) is 4.79 Å². The molecular formula is C19H20N2O5. The van der Waals surface area contributed by atoms with Gasteiger partial charge in [0.05, 0.1) is 12.8 Å². The SMILES string of the molecule is O=C(C=Cc1ccccc1OC1CCCN(C(=O)c2ccco2)C1)NO. The number of rotatable bonds is 5. The van der Waals surface area contributed by atoms with Crippen LogP contribution in [0.25, 0.3) is 6.08 Å². The van der Waals surface area contributed by atoms with Gasteiger partial charge in [0.25, 0.3) is 11.8 Å². The third-order valence-electron chi connectivity index (χ3n) is 4.13. The summed E-state index contributed by atoms with van der Waals surface area (Å²) in [5, 5.41) is 8.58. The van der Waals surface area contributed by atoms with Crippen LogP contribution < -0.4 is 10.2 Å². The van der Waals surface area contributed by atoms with Gasteiger partial charge in [-0.3, -0.25) is 14.8 Å². The molecule has 1 atom stereocenters. The van der Waals surface area contributed by atoms with E-state index in [0.717, 1.165) is 12.8 Å². The summed E-state index contributed by atoms with van der Waals surface area (Å²) in [7, 11) is 0. The second kappa shape index (κ2) is 8.35. The number of hydrogen-bond acceptors (Lipinski definition) is 5. The number of piperidine rings is 1. The summed E-state index contributed by atoms with van der Waals surface area (Å²) in [5.74, 6) is 0.180. The van der Waals surface area contributed by atoms with Gasteiger partial charge >= 0.3 is 0 Å². The number of ether oxygens (including phenoxy) is 1. The molecule has 2 heterocycles.